The van der Waals surface area contributed by atoms with Gasteiger partial charge in [-0.1, -0.05) is 66.6 Å². The molecule has 1 N–H and O–H groups in total. The van der Waals surface area contributed by atoms with E-state index >= 15 is 0 Å². The number of anilines is 1. The Morgan fingerprint density at radius 1 is 1.00 bits per heavy atom. The Morgan fingerprint density at radius 2 is 1.76 bits per heavy atom. The van der Waals surface area contributed by atoms with E-state index in [2.05, 4.69) is 29.4 Å². The van der Waals surface area contributed by atoms with E-state index in [1.54, 1.807) is 42.7 Å². The highest BCUT2D eigenvalue weighted by Gasteiger charge is 2.23. The summed E-state index contributed by atoms with van der Waals surface area (Å²) >= 11 is 6.15. The molecule has 1 amide bonds. The summed E-state index contributed by atoms with van der Waals surface area (Å²) in [5.41, 5.74) is 5.08. The molecule has 33 heavy (non-hydrogen) atoms. The smallest absolute Gasteiger partial charge is 0.224 e. The lowest BCUT2D eigenvalue weighted by atomic mass is 9.87. The van der Waals surface area contributed by atoms with Gasteiger partial charge < -0.3 is 5.32 Å². The molecule has 1 heterocycles. The van der Waals surface area contributed by atoms with Crippen molar-refractivity contribution in [3.8, 4) is 0 Å². The van der Waals surface area contributed by atoms with Crippen molar-refractivity contribution in [3.63, 3.8) is 0 Å². The normalized spacial score (nSPS) is 15.0. The van der Waals surface area contributed by atoms with E-state index in [1.807, 2.05) is 30.3 Å². The second kappa shape index (κ2) is 10.4. The van der Waals surface area contributed by atoms with Gasteiger partial charge in [0.05, 0.1) is 5.69 Å². The monoisotopic (exact) mass is 456 g/mol. The maximum absolute atomic E-state index is 13.0. The number of carbonyl (C=O) groups excluding carboxylic acids is 2. The minimum Gasteiger partial charge on any atom is -0.325 e. The quantitative estimate of drug-likeness (QED) is 0.382. The van der Waals surface area contributed by atoms with E-state index in [-0.39, 0.29) is 11.7 Å². The van der Waals surface area contributed by atoms with Crippen molar-refractivity contribution in [1.82, 2.24) is 4.98 Å². The highest BCUT2D eigenvalue weighted by Crippen LogP contribution is 2.38. The first kappa shape index (κ1) is 22.7. The van der Waals surface area contributed by atoms with Crippen molar-refractivity contribution in [2.75, 3.05) is 5.32 Å². The van der Waals surface area contributed by atoms with E-state index in [0.717, 1.165) is 12.0 Å². The first-order valence-corrected chi connectivity index (χ1v) is 11.4. The molecule has 4 nitrogen and oxygen atoms in total. The average Bonchev–Trinajstić information content (AvgIpc) is 3.27. The molecule has 1 unspecified atom stereocenters. The Bertz CT molecular complexity index is 1220. The van der Waals surface area contributed by atoms with Crippen LogP contribution in [0.5, 0.6) is 0 Å². The highest BCUT2D eigenvalue weighted by molar-refractivity contribution is 6.31. The number of hydrogen-bond acceptors (Lipinski definition) is 3. The second-order valence-corrected chi connectivity index (χ2v) is 8.43. The van der Waals surface area contributed by atoms with Crippen LogP contribution in [0.2, 0.25) is 5.02 Å². The van der Waals surface area contributed by atoms with E-state index in [4.69, 9.17) is 11.6 Å². The summed E-state index contributed by atoms with van der Waals surface area (Å²) in [5, 5.41) is 3.37. The molecule has 0 radical (unpaired) electrons. The fourth-order valence-corrected chi connectivity index (χ4v) is 4.41. The van der Waals surface area contributed by atoms with Gasteiger partial charge in [0, 0.05) is 40.9 Å². The lowest BCUT2D eigenvalue weighted by molar-refractivity contribution is -0.116. The molecule has 2 aromatic carbocycles. The lowest BCUT2D eigenvalue weighted by Gasteiger charge is -2.18. The third-order valence-electron chi connectivity index (χ3n) is 5.90. The maximum atomic E-state index is 13.0. The molecule has 0 fully saturated rings. The Hall–Kier alpha value is -3.50. The number of nitrogens with one attached hydrogen (secondary N) is 1. The van der Waals surface area contributed by atoms with Crippen LogP contribution in [0.4, 0.5) is 5.69 Å². The average molecular weight is 457 g/mol. The standard InChI is InChI=1S/C28H25ClN2O2/c1-2-23-19(8-11-24(23)20-14-16-30-17-15-20)9-13-27(32)31-26-12-10-22(29)18-25(26)28(33)21-6-4-3-5-7-21/h3-8,10-12,14-18,23H,2,9,13H2,1H3,(H,31,32). The van der Waals surface area contributed by atoms with Gasteiger partial charge in [0.1, 0.15) is 0 Å². The van der Waals surface area contributed by atoms with Crippen LogP contribution >= 0.6 is 11.6 Å². The molecular formula is C28H25ClN2O2. The van der Waals surface area contributed by atoms with E-state index in [0.29, 0.717) is 40.6 Å². The maximum Gasteiger partial charge on any atom is 0.224 e. The minimum absolute atomic E-state index is 0.132. The van der Waals surface area contributed by atoms with Gasteiger partial charge in [0.25, 0.3) is 0 Å². The van der Waals surface area contributed by atoms with Gasteiger partial charge in [-0.05, 0) is 54.3 Å². The minimum atomic E-state index is -0.177. The third kappa shape index (κ3) is 5.29. The SMILES string of the molecule is CCC1C(CCC(=O)Nc2ccc(Cl)cc2C(=O)c2ccccc2)=CC=C1c1ccncc1. The molecule has 5 heteroatoms. The van der Waals surface area contributed by atoms with Crippen LogP contribution in [0.1, 0.15) is 47.7 Å². The van der Waals surface area contributed by atoms with Crippen LogP contribution in [0, 0.1) is 5.92 Å². The van der Waals surface area contributed by atoms with Crippen LogP contribution in [0.3, 0.4) is 0 Å². The number of amides is 1. The number of pyridine rings is 1. The molecule has 0 spiro atoms. The van der Waals surface area contributed by atoms with Crippen molar-refractivity contribution < 1.29 is 9.59 Å². The van der Waals surface area contributed by atoms with Crippen molar-refractivity contribution in [2.24, 2.45) is 5.92 Å². The number of carbonyl (C=O) groups is 2. The number of hydrogen-bond donors (Lipinski definition) is 1. The predicted molar refractivity (Wildman–Crippen MR) is 133 cm³/mol. The van der Waals surface area contributed by atoms with E-state index < -0.39 is 0 Å². The lowest BCUT2D eigenvalue weighted by Crippen LogP contribution is -2.16. The van der Waals surface area contributed by atoms with E-state index in [1.165, 1.54) is 11.1 Å². The molecule has 1 aliphatic rings. The molecule has 166 valence electrons. The van der Waals surface area contributed by atoms with E-state index in [9.17, 15) is 9.59 Å². The summed E-state index contributed by atoms with van der Waals surface area (Å²) in [6, 6.07) is 18.0. The molecule has 4 rings (SSSR count). The first-order valence-electron chi connectivity index (χ1n) is 11.1. The largest absolute Gasteiger partial charge is 0.325 e. The van der Waals surface area contributed by atoms with Gasteiger partial charge in [-0.3, -0.25) is 14.6 Å². The van der Waals surface area contributed by atoms with Gasteiger partial charge in [-0.15, -0.1) is 0 Å². The Kier molecular flexibility index (Phi) is 7.16. The number of benzene rings is 2. The summed E-state index contributed by atoms with van der Waals surface area (Å²) < 4.78 is 0. The Morgan fingerprint density at radius 3 is 2.48 bits per heavy atom. The Balaban J connectivity index is 1.42. The molecule has 0 bridgehead atoms. The zero-order valence-electron chi connectivity index (χ0n) is 18.4. The van der Waals surface area contributed by atoms with Crippen molar-refractivity contribution >= 4 is 34.6 Å². The zero-order chi connectivity index (χ0) is 23.2. The summed E-state index contributed by atoms with van der Waals surface area (Å²) in [7, 11) is 0. The number of nitrogens with zero attached hydrogens (tertiary/aromatic N) is 1. The van der Waals surface area contributed by atoms with Crippen LogP contribution < -0.4 is 5.32 Å². The molecule has 0 saturated heterocycles. The topological polar surface area (TPSA) is 59.1 Å². The third-order valence-corrected chi connectivity index (χ3v) is 6.13. The number of rotatable bonds is 8. The molecule has 0 saturated carbocycles. The zero-order valence-corrected chi connectivity index (χ0v) is 19.2. The summed E-state index contributed by atoms with van der Waals surface area (Å²) in [6.45, 7) is 2.16. The summed E-state index contributed by atoms with van der Waals surface area (Å²) in [4.78, 5) is 29.9. The molecule has 3 aromatic rings. The molecule has 1 aliphatic carbocycles. The Labute approximate surface area is 199 Å². The number of allylic oxidation sites excluding steroid dienone is 4. The predicted octanol–water partition coefficient (Wildman–Crippen LogP) is 6.73. The van der Waals surface area contributed by atoms with Crippen molar-refractivity contribution in [2.45, 2.75) is 26.2 Å². The van der Waals surface area contributed by atoms with Crippen molar-refractivity contribution in [3.05, 3.63) is 112 Å². The van der Waals surface area contributed by atoms with Gasteiger partial charge in [-0.25, -0.2) is 0 Å². The highest BCUT2D eigenvalue weighted by atomic mass is 35.5. The summed E-state index contributed by atoms with van der Waals surface area (Å²) in [5.74, 6) is -0.0114. The van der Waals surface area contributed by atoms with Crippen molar-refractivity contribution in [1.29, 1.82) is 0 Å². The fraction of sp³-hybridized carbons (Fsp3) is 0.179. The second-order valence-electron chi connectivity index (χ2n) is 7.99. The first-order chi connectivity index (χ1) is 16.1. The van der Waals surface area contributed by atoms with Gasteiger partial charge in [-0.2, -0.15) is 0 Å². The number of ketones is 1. The van der Waals surface area contributed by atoms with Gasteiger partial charge in [0.2, 0.25) is 5.91 Å². The number of aromatic nitrogens is 1. The summed E-state index contributed by atoms with van der Waals surface area (Å²) in [6.07, 6.45) is 9.83. The molecule has 1 aromatic heterocycles. The molecule has 1 atom stereocenters. The van der Waals surface area contributed by atoms with Crippen LogP contribution in [0.15, 0.2) is 90.8 Å². The number of halogens is 1. The molecule has 0 aliphatic heterocycles. The van der Waals surface area contributed by atoms with Crippen LogP contribution in [-0.4, -0.2) is 16.7 Å². The van der Waals surface area contributed by atoms with Crippen LogP contribution in [-0.2, 0) is 4.79 Å². The fourth-order valence-electron chi connectivity index (χ4n) is 4.24. The van der Waals surface area contributed by atoms with Crippen LogP contribution in [0.25, 0.3) is 5.57 Å². The molecular weight excluding hydrogens is 432 g/mol. The van der Waals surface area contributed by atoms with Gasteiger partial charge in [0.15, 0.2) is 5.78 Å². The van der Waals surface area contributed by atoms with Gasteiger partial charge >= 0.3 is 0 Å².